The molecule has 0 radical (unpaired) electrons. The van der Waals surface area contributed by atoms with Crippen LogP contribution in [0.15, 0.2) is 17.2 Å². The molecule has 0 aliphatic heterocycles. The molecule has 2 bridgehead atoms. The maximum atomic E-state index is 4.83. The topological polar surface area (TPSA) is 0 Å². The first-order valence-electron chi connectivity index (χ1n) is 2.99. The predicted molar refractivity (Wildman–Crippen MR) is 40.4 cm³/mol. The Bertz CT molecular complexity index is 154. The van der Waals surface area contributed by atoms with Crippen molar-refractivity contribution >= 4 is 19.4 Å². The van der Waals surface area contributed by atoms with Crippen LogP contribution in [0, 0.1) is 6.08 Å². The molecule has 0 aromatic heterocycles. The third-order valence-electron chi connectivity index (χ3n) is 1.67. The van der Waals surface area contributed by atoms with Crippen LogP contribution >= 0.6 is 19.4 Å². The van der Waals surface area contributed by atoms with Gasteiger partial charge in [0.05, 0.1) is 0 Å². The molecule has 0 saturated heterocycles. The third-order valence-corrected chi connectivity index (χ3v) is 1.67. The molecule has 10 heavy (non-hydrogen) atoms. The van der Waals surface area contributed by atoms with Gasteiger partial charge >= 0.3 is 34.5 Å². The first-order chi connectivity index (χ1) is 4.86. The second-order valence-electron chi connectivity index (χ2n) is 2.27. The first-order valence-corrected chi connectivity index (χ1v) is 7.21. The summed E-state index contributed by atoms with van der Waals surface area (Å²) in [6, 6.07) is 0. The summed E-state index contributed by atoms with van der Waals surface area (Å²) in [5, 5.41) is 0. The summed E-state index contributed by atoms with van der Waals surface area (Å²) in [4.78, 5) is 0. The quantitative estimate of drug-likeness (QED) is 0.466. The molecular formula is C7H7Cl2Rh. The predicted octanol–water partition coefficient (Wildman–Crippen LogP) is 3.22. The molecule has 2 aliphatic rings. The van der Waals surface area contributed by atoms with E-state index in [4.69, 9.17) is 19.4 Å². The fourth-order valence-corrected chi connectivity index (χ4v) is 1.21. The van der Waals surface area contributed by atoms with Crippen LogP contribution in [0.4, 0.5) is 0 Å². The molecule has 0 N–H and O–H groups in total. The molecule has 0 heterocycles. The van der Waals surface area contributed by atoms with Gasteiger partial charge in [-0.2, -0.15) is 5.57 Å². The monoisotopic (exact) mass is 264 g/mol. The van der Waals surface area contributed by atoms with E-state index in [1.165, 1.54) is 24.8 Å². The van der Waals surface area contributed by atoms with Crippen LogP contribution in [0.2, 0.25) is 0 Å². The van der Waals surface area contributed by atoms with Crippen molar-refractivity contribution in [2.24, 2.45) is 0 Å². The van der Waals surface area contributed by atoms with Gasteiger partial charge in [0.1, 0.15) is 0 Å². The summed E-state index contributed by atoms with van der Waals surface area (Å²) < 4.78 is 0. The fraction of sp³-hybridized carbons (Fsp3) is 0.429. The van der Waals surface area contributed by atoms with Crippen molar-refractivity contribution in [2.45, 2.75) is 19.3 Å². The molecule has 58 valence electrons. The summed E-state index contributed by atoms with van der Waals surface area (Å²) in [6.45, 7) is 0. The molecule has 0 unspecified atom stereocenters. The van der Waals surface area contributed by atoms with Gasteiger partial charge in [0.15, 0.2) is 0 Å². The summed E-state index contributed by atoms with van der Waals surface area (Å²) in [6.07, 6.45) is 9.22. The molecule has 1 fully saturated rings. The van der Waals surface area contributed by atoms with Gasteiger partial charge in [-0.25, -0.2) is 11.6 Å². The van der Waals surface area contributed by atoms with Crippen molar-refractivity contribution in [3.8, 4) is 0 Å². The average molecular weight is 265 g/mol. The molecule has 2 rings (SSSR count). The summed E-state index contributed by atoms with van der Waals surface area (Å²) in [5.41, 5.74) is 3.12. The van der Waals surface area contributed by atoms with Gasteiger partial charge in [-0.1, -0.05) is 19.3 Å². The fourth-order valence-electron chi connectivity index (χ4n) is 1.21. The number of rotatable bonds is 0. The second-order valence-corrected chi connectivity index (χ2v) is 4.76. The second kappa shape index (κ2) is 4.54. The van der Waals surface area contributed by atoms with Crippen molar-refractivity contribution in [1.82, 2.24) is 0 Å². The van der Waals surface area contributed by atoms with Crippen molar-refractivity contribution in [1.29, 1.82) is 0 Å². The van der Waals surface area contributed by atoms with E-state index in [1.54, 1.807) is 5.57 Å². The molecule has 3 heteroatoms. The van der Waals surface area contributed by atoms with Crippen LogP contribution in [-0.2, 0) is 15.1 Å². The molecule has 0 nitrogen and oxygen atoms in total. The van der Waals surface area contributed by atoms with Gasteiger partial charge in [-0.3, -0.25) is 6.08 Å². The van der Waals surface area contributed by atoms with Crippen LogP contribution in [0.3, 0.4) is 0 Å². The molecule has 0 aromatic rings. The maximum absolute atomic E-state index is 4.83. The SMILES string of the molecule is [C-]1=C2CCC(=C1)C2.[Cl][Rh+][Cl]. The Hall–Kier alpha value is 0.683. The Morgan fingerprint density at radius 3 is 2.20 bits per heavy atom. The first kappa shape index (κ1) is 8.78. The normalized spacial score (nSPS) is 19.8. The Morgan fingerprint density at radius 2 is 2.10 bits per heavy atom. The van der Waals surface area contributed by atoms with Crippen molar-refractivity contribution in [3.63, 3.8) is 0 Å². The van der Waals surface area contributed by atoms with Gasteiger partial charge in [-0.15, -0.1) is 0 Å². The van der Waals surface area contributed by atoms with Gasteiger partial charge < -0.3 is 0 Å². The standard InChI is InChI=1S/C7H7.2ClH.Rh/c1-2-7-4-3-6(1)5-7;;;/h1H,3-5H2;2*1H;/q-1;;;+3/p-2. The van der Waals surface area contributed by atoms with Gasteiger partial charge in [-0.05, 0) is 0 Å². The van der Waals surface area contributed by atoms with Crippen molar-refractivity contribution in [3.05, 3.63) is 23.3 Å². The molecule has 0 amide bonds. The zero-order valence-corrected chi connectivity index (χ0v) is 8.44. The van der Waals surface area contributed by atoms with E-state index < -0.39 is 0 Å². The molecule has 0 spiro atoms. The molecule has 0 aromatic carbocycles. The van der Waals surface area contributed by atoms with Gasteiger partial charge in [0, 0.05) is 0 Å². The summed E-state index contributed by atoms with van der Waals surface area (Å²) in [5.74, 6) is 0. The number of fused-ring (bicyclic) bond motifs is 2. The Kier molecular flexibility index (Phi) is 3.98. The Labute approximate surface area is 77.0 Å². The number of hydrogen-bond acceptors (Lipinski definition) is 0. The number of hydrogen-bond donors (Lipinski definition) is 0. The van der Waals surface area contributed by atoms with Crippen LogP contribution in [0.1, 0.15) is 19.3 Å². The van der Waals surface area contributed by atoms with E-state index in [0.717, 1.165) is 0 Å². The van der Waals surface area contributed by atoms with E-state index in [1.807, 2.05) is 0 Å². The van der Waals surface area contributed by atoms with Crippen LogP contribution in [0.5, 0.6) is 0 Å². The average Bonchev–Trinajstić information content (AvgIpc) is 2.49. The molecular weight excluding hydrogens is 258 g/mol. The van der Waals surface area contributed by atoms with Crippen LogP contribution in [0.25, 0.3) is 0 Å². The number of halogens is 2. The molecule has 2 aliphatic carbocycles. The number of allylic oxidation sites excluding steroid dienone is 4. The third kappa shape index (κ3) is 2.38. The molecule has 0 atom stereocenters. The van der Waals surface area contributed by atoms with Gasteiger partial charge in [0.2, 0.25) is 0 Å². The van der Waals surface area contributed by atoms with Crippen LogP contribution < -0.4 is 0 Å². The van der Waals surface area contributed by atoms with Gasteiger partial charge in [0.25, 0.3) is 0 Å². The van der Waals surface area contributed by atoms with E-state index >= 15 is 0 Å². The van der Waals surface area contributed by atoms with E-state index in [9.17, 15) is 0 Å². The minimum atomic E-state index is -0.226. The van der Waals surface area contributed by atoms with Crippen molar-refractivity contribution < 1.29 is 15.1 Å². The zero-order chi connectivity index (χ0) is 7.40. The van der Waals surface area contributed by atoms with E-state index in [-0.39, 0.29) is 15.1 Å². The summed E-state index contributed by atoms with van der Waals surface area (Å²) >= 11 is -0.226. The Balaban J connectivity index is 0.000000148. The summed E-state index contributed by atoms with van der Waals surface area (Å²) in [7, 11) is 9.67. The zero-order valence-electron chi connectivity index (χ0n) is 5.29. The minimum absolute atomic E-state index is 0.226. The van der Waals surface area contributed by atoms with Crippen molar-refractivity contribution in [2.75, 3.05) is 0 Å². The molecule has 1 saturated carbocycles. The Morgan fingerprint density at radius 1 is 1.40 bits per heavy atom. The van der Waals surface area contributed by atoms with E-state index in [0.29, 0.717) is 0 Å². The van der Waals surface area contributed by atoms with E-state index in [2.05, 4.69) is 12.2 Å². The van der Waals surface area contributed by atoms with Crippen LogP contribution in [-0.4, -0.2) is 0 Å².